The molecule has 0 saturated heterocycles. The van der Waals surface area contributed by atoms with Crippen LogP contribution in [0.15, 0.2) is 48.5 Å². The molecule has 0 bridgehead atoms. The van der Waals surface area contributed by atoms with Gasteiger partial charge in [0, 0.05) is 30.3 Å². The van der Waals surface area contributed by atoms with E-state index in [1.165, 1.54) is 12.8 Å². The molecule has 0 aliphatic heterocycles. The van der Waals surface area contributed by atoms with Gasteiger partial charge in [-0.15, -0.1) is 0 Å². The number of hydrogen-bond donors (Lipinski definition) is 0. The van der Waals surface area contributed by atoms with Crippen molar-refractivity contribution in [2.45, 2.75) is 51.3 Å². The number of amides is 1. The fraction of sp³-hybridized carbons (Fsp3) is 0.435. The lowest BCUT2D eigenvalue weighted by atomic mass is 10.1. The Balaban J connectivity index is 1.73. The van der Waals surface area contributed by atoms with Crippen molar-refractivity contribution >= 4 is 17.5 Å². The zero-order valence-corrected chi connectivity index (χ0v) is 17.3. The molecule has 4 nitrogen and oxygen atoms in total. The van der Waals surface area contributed by atoms with Gasteiger partial charge >= 0.3 is 0 Å². The second-order valence-electron chi connectivity index (χ2n) is 7.41. The number of hydrogen-bond acceptors (Lipinski definition) is 3. The molecule has 0 aromatic heterocycles. The highest BCUT2D eigenvalue weighted by Crippen LogP contribution is 2.27. The molecule has 3 rings (SSSR count). The summed E-state index contributed by atoms with van der Waals surface area (Å²) in [6, 6.07) is 15.5. The summed E-state index contributed by atoms with van der Waals surface area (Å²) < 4.78 is 10.9. The summed E-state index contributed by atoms with van der Waals surface area (Å²) in [4.78, 5) is 15.2. The van der Waals surface area contributed by atoms with E-state index in [-0.39, 0.29) is 18.1 Å². The van der Waals surface area contributed by atoms with Crippen molar-refractivity contribution in [1.29, 1.82) is 0 Å². The van der Waals surface area contributed by atoms with E-state index in [0.29, 0.717) is 23.7 Å². The minimum absolute atomic E-state index is 0.00440. The second-order valence-corrected chi connectivity index (χ2v) is 7.85. The summed E-state index contributed by atoms with van der Waals surface area (Å²) in [5.74, 6) is 0.852. The number of methoxy groups -OCH3 is 1. The standard InChI is InChI=1S/C23H28ClNO3/c1-17(16-27-2)28-22-12-10-18(11-13-22)15-25(21-8-3-4-9-21)23(26)19-6-5-7-20(24)14-19/h5-7,10-14,17,21H,3-4,8-9,15-16H2,1-2H3/t17-/m0/s1. The summed E-state index contributed by atoms with van der Waals surface area (Å²) in [5, 5.41) is 0.587. The predicted molar refractivity (Wildman–Crippen MR) is 112 cm³/mol. The smallest absolute Gasteiger partial charge is 0.254 e. The number of halogens is 1. The van der Waals surface area contributed by atoms with Crippen LogP contribution in [0.3, 0.4) is 0 Å². The van der Waals surface area contributed by atoms with Gasteiger partial charge in [-0.3, -0.25) is 4.79 Å². The maximum Gasteiger partial charge on any atom is 0.254 e. The molecule has 0 N–H and O–H groups in total. The van der Waals surface area contributed by atoms with E-state index in [4.69, 9.17) is 21.1 Å². The highest BCUT2D eigenvalue weighted by Gasteiger charge is 2.27. The van der Waals surface area contributed by atoms with Gasteiger partial charge in [-0.2, -0.15) is 0 Å². The number of nitrogens with zero attached hydrogens (tertiary/aromatic N) is 1. The third-order valence-electron chi connectivity index (χ3n) is 5.11. The van der Waals surface area contributed by atoms with Gasteiger partial charge in [0.15, 0.2) is 0 Å². The van der Waals surface area contributed by atoms with Gasteiger partial charge in [0.25, 0.3) is 5.91 Å². The summed E-state index contributed by atoms with van der Waals surface area (Å²) in [5.41, 5.74) is 1.74. The summed E-state index contributed by atoms with van der Waals surface area (Å²) in [7, 11) is 1.66. The highest BCUT2D eigenvalue weighted by molar-refractivity contribution is 6.30. The van der Waals surface area contributed by atoms with Crippen LogP contribution in [0.2, 0.25) is 5.02 Å². The maximum atomic E-state index is 13.2. The van der Waals surface area contributed by atoms with Crippen molar-refractivity contribution in [2.24, 2.45) is 0 Å². The Hall–Kier alpha value is -2.04. The molecule has 0 unspecified atom stereocenters. The Kier molecular flexibility index (Phi) is 7.35. The zero-order valence-electron chi connectivity index (χ0n) is 16.6. The fourth-order valence-corrected chi connectivity index (χ4v) is 3.93. The molecular formula is C23H28ClNO3. The number of benzene rings is 2. The van der Waals surface area contributed by atoms with Crippen LogP contribution in [0, 0.1) is 0 Å². The van der Waals surface area contributed by atoms with Crippen molar-refractivity contribution < 1.29 is 14.3 Å². The Morgan fingerprint density at radius 1 is 1.18 bits per heavy atom. The molecule has 1 atom stereocenters. The number of rotatable bonds is 8. The lowest BCUT2D eigenvalue weighted by Gasteiger charge is -2.29. The number of carbonyl (C=O) groups is 1. The first-order valence-corrected chi connectivity index (χ1v) is 10.3. The van der Waals surface area contributed by atoms with E-state index >= 15 is 0 Å². The van der Waals surface area contributed by atoms with E-state index in [0.717, 1.165) is 24.2 Å². The fourth-order valence-electron chi connectivity index (χ4n) is 3.74. The molecule has 0 spiro atoms. The van der Waals surface area contributed by atoms with E-state index in [1.807, 2.05) is 48.2 Å². The Morgan fingerprint density at radius 3 is 2.54 bits per heavy atom. The molecule has 150 valence electrons. The van der Waals surface area contributed by atoms with Gasteiger partial charge in [0.1, 0.15) is 11.9 Å². The average Bonchev–Trinajstić information content (AvgIpc) is 3.21. The Labute approximate surface area is 172 Å². The first-order chi connectivity index (χ1) is 13.6. The molecule has 2 aromatic carbocycles. The van der Waals surface area contributed by atoms with E-state index in [1.54, 1.807) is 19.2 Å². The normalized spacial score (nSPS) is 15.4. The van der Waals surface area contributed by atoms with E-state index in [2.05, 4.69) is 0 Å². The second kappa shape index (κ2) is 9.94. The van der Waals surface area contributed by atoms with Gasteiger partial charge in [-0.05, 0) is 55.7 Å². The van der Waals surface area contributed by atoms with Crippen molar-refractivity contribution in [1.82, 2.24) is 4.90 Å². The quantitative estimate of drug-likeness (QED) is 0.599. The Morgan fingerprint density at radius 2 is 1.89 bits per heavy atom. The van der Waals surface area contributed by atoms with Crippen molar-refractivity contribution in [2.75, 3.05) is 13.7 Å². The highest BCUT2D eigenvalue weighted by atomic mass is 35.5. The monoisotopic (exact) mass is 401 g/mol. The van der Waals surface area contributed by atoms with Crippen molar-refractivity contribution in [3.8, 4) is 5.75 Å². The molecule has 0 heterocycles. The van der Waals surface area contributed by atoms with Crippen LogP contribution in [0.5, 0.6) is 5.75 Å². The lowest BCUT2D eigenvalue weighted by Crippen LogP contribution is -2.38. The summed E-state index contributed by atoms with van der Waals surface area (Å²) >= 11 is 6.10. The molecule has 0 radical (unpaired) electrons. The molecule has 1 fully saturated rings. The van der Waals surface area contributed by atoms with Gasteiger partial charge in [-0.25, -0.2) is 0 Å². The molecule has 1 aliphatic carbocycles. The molecule has 2 aromatic rings. The van der Waals surface area contributed by atoms with Crippen LogP contribution >= 0.6 is 11.6 Å². The molecule has 5 heteroatoms. The van der Waals surface area contributed by atoms with Gasteiger partial charge < -0.3 is 14.4 Å². The topological polar surface area (TPSA) is 38.8 Å². The molecular weight excluding hydrogens is 374 g/mol. The summed E-state index contributed by atoms with van der Waals surface area (Å²) in [6.45, 7) is 3.11. The average molecular weight is 402 g/mol. The Bertz CT molecular complexity index is 772. The third-order valence-corrected chi connectivity index (χ3v) is 5.35. The van der Waals surface area contributed by atoms with Gasteiger partial charge in [0.2, 0.25) is 0 Å². The largest absolute Gasteiger partial charge is 0.488 e. The van der Waals surface area contributed by atoms with Gasteiger partial charge in [0.05, 0.1) is 6.61 Å². The van der Waals surface area contributed by atoms with Crippen LogP contribution in [-0.4, -0.2) is 36.7 Å². The number of carbonyl (C=O) groups excluding carboxylic acids is 1. The van der Waals surface area contributed by atoms with Crippen LogP contribution in [0.25, 0.3) is 0 Å². The molecule has 1 amide bonds. The van der Waals surface area contributed by atoms with Crippen LogP contribution in [0.1, 0.15) is 48.5 Å². The first kappa shape index (κ1) is 20.7. The van der Waals surface area contributed by atoms with Crippen LogP contribution in [-0.2, 0) is 11.3 Å². The predicted octanol–water partition coefficient (Wildman–Crippen LogP) is 5.34. The maximum absolute atomic E-state index is 13.2. The lowest BCUT2D eigenvalue weighted by molar-refractivity contribution is 0.0664. The third kappa shape index (κ3) is 5.49. The zero-order chi connectivity index (χ0) is 19.9. The first-order valence-electron chi connectivity index (χ1n) is 9.88. The molecule has 28 heavy (non-hydrogen) atoms. The van der Waals surface area contributed by atoms with Crippen molar-refractivity contribution in [3.05, 3.63) is 64.7 Å². The molecule has 1 saturated carbocycles. The SMILES string of the molecule is COC[C@H](C)Oc1ccc(CN(C(=O)c2cccc(Cl)c2)C2CCCC2)cc1. The van der Waals surface area contributed by atoms with E-state index in [9.17, 15) is 4.79 Å². The summed E-state index contributed by atoms with van der Waals surface area (Å²) in [6.07, 6.45) is 4.46. The van der Waals surface area contributed by atoms with Crippen LogP contribution < -0.4 is 4.74 Å². The number of ether oxygens (including phenoxy) is 2. The minimum atomic E-state index is -0.00440. The minimum Gasteiger partial charge on any atom is -0.488 e. The van der Waals surface area contributed by atoms with Gasteiger partial charge in [-0.1, -0.05) is 42.6 Å². The van der Waals surface area contributed by atoms with Crippen LogP contribution in [0.4, 0.5) is 0 Å². The van der Waals surface area contributed by atoms with Crippen molar-refractivity contribution in [3.63, 3.8) is 0 Å². The van der Waals surface area contributed by atoms with E-state index < -0.39 is 0 Å². The molecule has 1 aliphatic rings.